The topological polar surface area (TPSA) is 75.1 Å². The fourth-order valence-corrected chi connectivity index (χ4v) is 2.66. The zero-order valence-electron chi connectivity index (χ0n) is 13.3. The van der Waals surface area contributed by atoms with Crippen molar-refractivity contribution in [2.75, 3.05) is 5.32 Å². The molecular weight excluding hydrogens is 321 g/mol. The van der Waals surface area contributed by atoms with E-state index in [1.54, 1.807) is 18.2 Å². The van der Waals surface area contributed by atoms with Crippen LogP contribution in [0.1, 0.15) is 5.56 Å². The van der Waals surface area contributed by atoms with Crippen LogP contribution in [0.3, 0.4) is 0 Å². The lowest BCUT2D eigenvalue weighted by Gasteiger charge is -2.10. The fourth-order valence-electron chi connectivity index (χ4n) is 2.66. The minimum atomic E-state index is -0.419. The first-order valence-electron chi connectivity index (χ1n) is 7.68. The highest BCUT2D eigenvalue weighted by Gasteiger charge is 2.12. The zero-order chi connectivity index (χ0) is 17.4. The number of aromatic amines is 1. The van der Waals surface area contributed by atoms with Gasteiger partial charge in [-0.05, 0) is 31.2 Å². The van der Waals surface area contributed by atoms with Crippen LogP contribution in [0.4, 0.5) is 16.0 Å². The third-order valence-electron chi connectivity index (χ3n) is 3.80. The average molecular weight is 335 g/mol. The predicted molar refractivity (Wildman–Crippen MR) is 93.5 cm³/mol. The molecule has 0 bridgehead atoms. The van der Waals surface area contributed by atoms with Crippen LogP contribution in [0.25, 0.3) is 16.9 Å². The third-order valence-corrected chi connectivity index (χ3v) is 3.80. The van der Waals surface area contributed by atoms with Crippen LogP contribution in [0.5, 0.6) is 0 Å². The van der Waals surface area contributed by atoms with Gasteiger partial charge < -0.3 is 5.32 Å². The monoisotopic (exact) mass is 335 g/mol. The first-order chi connectivity index (χ1) is 12.1. The quantitative estimate of drug-likeness (QED) is 0.602. The van der Waals surface area contributed by atoms with Crippen molar-refractivity contribution in [3.8, 4) is 11.3 Å². The molecule has 0 radical (unpaired) electrons. The van der Waals surface area contributed by atoms with Gasteiger partial charge in [0.25, 0.3) is 0 Å². The highest BCUT2D eigenvalue weighted by Crippen LogP contribution is 2.23. The van der Waals surface area contributed by atoms with Gasteiger partial charge in [0.1, 0.15) is 5.82 Å². The molecule has 25 heavy (non-hydrogen) atoms. The molecular formula is C18H14FN5O. The summed E-state index contributed by atoms with van der Waals surface area (Å²) in [4.78, 5) is 16.6. The maximum Gasteiger partial charge on any atom is 0.350 e. The van der Waals surface area contributed by atoms with Crippen molar-refractivity contribution in [3.63, 3.8) is 0 Å². The summed E-state index contributed by atoms with van der Waals surface area (Å²) in [5.74, 6) is -0.117. The summed E-state index contributed by atoms with van der Waals surface area (Å²) in [5, 5.41) is 9.42. The van der Waals surface area contributed by atoms with Gasteiger partial charge in [-0.25, -0.2) is 23.7 Å². The number of aromatic nitrogens is 4. The van der Waals surface area contributed by atoms with Gasteiger partial charge in [-0.15, -0.1) is 0 Å². The van der Waals surface area contributed by atoms with Crippen molar-refractivity contribution in [2.24, 2.45) is 0 Å². The maximum absolute atomic E-state index is 13.4. The van der Waals surface area contributed by atoms with Crippen LogP contribution in [-0.4, -0.2) is 19.6 Å². The first-order valence-corrected chi connectivity index (χ1v) is 7.68. The van der Waals surface area contributed by atoms with Crippen molar-refractivity contribution in [2.45, 2.75) is 6.92 Å². The number of fused-ring (bicyclic) bond motifs is 1. The Hall–Kier alpha value is -3.48. The summed E-state index contributed by atoms with van der Waals surface area (Å²) in [7, 11) is 0. The Kier molecular flexibility index (Phi) is 3.53. The highest BCUT2D eigenvalue weighted by atomic mass is 19.1. The Morgan fingerprint density at radius 3 is 2.76 bits per heavy atom. The summed E-state index contributed by atoms with van der Waals surface area (Å²) >= 11 is 0. The molecule has 0 unspecified atom stereocenters. The van der Waals surface area contributed by atoms with Gasteiger partial charge in [0.15, 0.2) is 5.65 Å². The normalized spacial score (nSPS) is 11.0. The molecule has 2 heterocycles. The molecule has 0 saturated carbocycles. The van der Waals surface area contributed by atoms with Gasteiger partial charge in [0, 0.05) is 17.3 Å². The summed E-state index contributed by atoms with van der Waals surface area (Å²) in [6.45, 7) is 1.99. The summed E-state index contributed by atoms with van der Waals surface area (Å²) in [6, 6.07) is 15.5. The van der Waals surface area contributed by atoms with Crippen LogP contribution in [0.15, 0.2) is 59.4 Å². The van der Waals surface area contributed by atoms with Gasteiger partial charge in [-0.1, -0.05) is 29.8 Å². The number of anilines is 2. The Labute approximate surface area is 142 Å². The predicted octanol–water partition coefficient (Wildman–Crippen LogP) is 3.28. The molecule has 0 amide bonds. The average Bonchev–Trinajstić information content (AvgIpc) is 2.96. The van der Waals surface area contributed by atoms with Crippen molar-refractivity contribution in [3.05, 3.63) is 76.5 Å². The number of hydrogen-bond donors (Lipinski definition) is 2. The van der Waals surface area contributed by atoms with Gasteiger partial charge in [0.05, 0.1) is 5.69 Å². The number of aryl methyl sites for hydroxylation is 1. The molecule has 0 atom stereocenters. The van der Waals surface area contributed by atoms with Crippen LogP contribution >= 0.6 is 0 Å². The second-order valence-corrected chi connectivity index (χ2v) is 5.69. The molecule has 2 aromatic heterocycles. The minimum absolute atomic E-state index is 0.262. The lowest BCUT2D eigenvalue weighted by molar-refractivity contribution is 0.628. The molecule has 6 nitrogen and oxygen atoms in total. The molecule has 124 valence electrons. The van der Waals surface area contributed by atoms with E-state index >= 15 is 0 Å². The maximum atomic E-state index is 13.4. The number of nitrogens with zero attached hydrogens (tertiary/aromatic N) is 3. The first kappa shape index (κ1) is 15.1. The van der Waals surface area contributed by atoms with E-state index in [1.165, 1.54) is 16.5 Å². The van der Waals surface area contributed by atoms with Crippen LogP contribution in [0.2, 0.25) is 0 Å². The van der Waals surface area contributed by atoms with Crippen LogP contribution < -0.4 is 11.0 Å². The Balaban J connectivity index is 1.89. The van der Waals surface area contributed by atoms with E-state index in [2.05, 4.69) is 20.5 Å². The van der Waals surface area contributed by atoms with E-state index in [0.717, 1.165) is 11.1 Å². The van der Waals surface area contributed by atoms with Crippen molar-refractivity contribution < 1.29 is 4.39 Å². The smallest absolute Gasteiger partial charge is 0.325 e. The summed E-state index contributed by atoms with van der Waals surface area (Å²) in [6.07, 6.45) is 0. The number of rotatable bonds is 3. The molecule has 0 fully saturated rings. The second-order valence-electron chi connectivity index (χ2n) is 5.69. The van der Waals surface area contributed by atoms with Crippen LogP contribution in [0, 0.1) is 12.7 Å². The zero-order valence-corrected chi connectivity index (χ0v) is 13.3. The van der Waals surface area contributed by atoms with Gasteiger partial charge in [-0.3, -0.25) is 0 Å². The van der Waals surface area contributed by atoms with Gasteiger partial charge >= 0.3 is 5.69 Å². The standard InChI is InChI=1S/C18H14FN5O/c1-11-4-2-5-12(8-11)15-10-16-22-23-18(25)24(16)17(21-15)20-14-7-3-6-13(19)9-14/h2-10H,1H3,(H,20,21)(H,23,25). The SMILES string of the molecule is Cc1cccc(-c2cc3n[nH]c(=O)n3c(Nc3cccc(F)c3)n2)c1. The van der Waals surface area contributed by atoms with E-state index in [4.69, 9.17) is 0 Å². The summed E-state index contributed by atoms with van der Waals surface area (Å²) in [5.41, 5.74) is 3.16. The number of H-pyrrole nitrogens is 1. The van der Waals surface area contributed by atoms with Gasteiger partial charge in [0.2, 0.25) is 5.95 Å². The molecule has 2 N–H and O–H groups in total. The molecule has 0 saturated heterocycles. The lowest BCUT2D eigenvalue weighted by Crippen LogP contribution is -2.14. The number of hydrogen-bond acceptors (Lipinski definition) is 4. The summed E-state index contributed by atoms with van der Waals surface area (Å²) < 4.78 is 14.8. The van der Waals surface area contributed by atoms with E-state index < -0.39 is 5.69 Å². The molecule has 0 aliphatic carbocycles. The van der Waals surface area contributed by atoms with Gasteiger partial charge in [-0.2, -0.15) is 5.10 Å². The number of halogens is 1. The Morgan fingerprint density at radius 1 is 1.12 bits per heavy atom. The van der Waals surface area contributed by atoms with E-state index in [1.807, 2.05) is 31.2 Å². The fraction of sp³-hybridized carbons (Fsp3) is 0.0556. The largest absolute Gasteiger partial charge is 0.350 e. The van der Waals surface area contributed by atoms with E-state index in [0.29, 0.717) is 17.0 Å². The molecule has 0 aliphatic rings. The van der Waals surface area contributed by atoms with Crippen molar-refractivity contribution in [1.82, 2.24) is 19.6 Å². The number of benzene rings is 2. The molecule has 7 heteroatoms. The molecule has 0 aliphatic heterocycles. The van der Waals surface area contributed by atoms with Crippen molar-refractivity contribution in [1.29, 1.82) is 0 Å². The van der Waals surface area contributed by atoms with E-state index in [-0.39, 0.29) is 11.8 Å². The highest BCUT2D eigenvalue weighted by molar-refractivity contribution is 5.68. The van der Waals surface area contributed by atoms with Crippen molar-refractivity contribution >= 4 is 17.3 Å². The lowest BCUT2D eigenvalue weighted by atomic mass is 10.1. The molecule has 4 aromatic rings. The Morgan fingerprint density at radius 2 is 1.96 bits per heavy atom. The Bertz CT molecular complexity index is 1130. The minimum Gasteiger partial charge on any atom is -0.325 e. The van der Waals surface area contributed by atoms with E-state index in [9.17, 15) is 9.18 Å². The second kappa shape index (κ2) is 5.86. The molecule has 0 spiro atoms. The van der Waals surface area contributed by atoms with Crippen LogP contribution in [-0.2, 0) is 0 Å². The molecule has 4 rings (SSSR count). The number of nitrogens with one attached hydrogen (secondary N) is 2. The third kappa shape index (κ3) is 2.87. The molecule has 2 aromatic carbocycles.